The molecule has 0 unspecified atom stereocenters. The minimum atomic E-state index is -0.979. The molecule has 1 aliphatic heterocycles. The summed E-state index contributed by atoms with van der Waals surface area (Å²) in [5.74, 6) is -0.832. The summed E-state index contributed by atoms with van der Waals surface area (Å²) in [6.07, 6.45) is 4.62. The van der Waals surface area contributed by atoms with Crippen molar-refractivity contribution in [1.29, 1.82) is 0 Å². The number of nitrogens with zero attached hydrogens (tertiary/aromatic N) is 4. The molecule has 2 N–H and O–H groups in total. The van der Waals surface area contributed by atoms with E-state index in [2.05, 4.69) is 15.4 Å². The van der Waals surface area contributed by atoms with Gasteiger partial charge in [0, 0.05) is 11.1 Å². The summed E-state index contributed by atoms with van der Waals surface area (Å²) < 4.78 is 6.98. The summed E-state index contributed by atoms with van der Waals surface area (Å²) in [7, 11) is 1.48. The van der Waals surface area contributed by atoms with Gasteiger partial charge in [-0.2, -0.15) is 5.10 Å². The first kappa shape index (κ1) is 26.0. The number of nitrogens with one attached hydrogen (secondary N) is 1. The topological polar surface area (TPSA) is 119 Å². The van der Waals surface area contributed by atoms with Crippen molar-refractivity contribution in [2.24, 2.45) is 0 Å². The van der Waals surface area contributed by atoms with E-state index in [4.69, 9.17) is 21.3 Å². The quantitative estimate of drug-likeness (QED) is 0.241. The minimum absolute atomic E-state index is 0.205. The van der Waals surface area contributed by atoms with Gasteiger partial charge >= 0.3 is 5.97 Å². The molecule has 2 aromatic heterocycles. The van der Waals surface area contributed by atoms with Crippen molar-refractivity contribution in [3.63, 3.8) is 0 Å². The Kier molecular flexibility index (Phi) is 6.78. The SMILES string of the molecule is COc1ccc(/C=C2\C(=O)Nc3cc(Cl)c(-c4ccc(-c5ccc(-n6cncn6)cc5)cc4)nc32)cc1CC(=O)O. The highest BCUT2D eigenvalue weighted by Crippen LogP contribution is 2.38. The molecule has 0 radical (unpaired) electrons. The number of hydrogen-bond donors (Lipinski definition) is 2. The normalized spacial score (nSPS) is 13.2. The van der Waals surface area contributed by atoms with Gasteiger partial charge < -0.3 is 15.2 Å². The molecule has 5 aromatic rings. The van der Waals surface area contributed by atoms with E-state index in [1.807, 2.05) is 48.5 Å². The molecule has 0 saturated carbocycles. The molecular formula is C31H22ClN5O4. The maximum atomic E-state index is 12.9. The number of hydrogen-bond acceptors (Lipinski definition) is 6. The van der Waals surface area contributed by atoms with Crippen molar-refractivity contribution < 1.29 is 19.4 Å². The van der Waals surface area contributed by atoms with Crippen molar-refractivity contribution in [3.8, 4) is 33.8 Å². The zero-order valence-corrected chi connectivity index (χ0v) is 22.5. The van der Waals surface area contributed by atoms with Crippen molar-refractivity contribution in [3.05, 3.63) is 107 Å². The second kappa shape index (κ2) is 10.7. The molecule has 1 amide bonds. The van der Waals surface area contributed by atoms with Crippen LogP contribution in [0.1, 0.15) is 16.8 Å². The minimum Gasteiger partial charge on any atom is -0.496 e. The van der Waals surface area contributed by atoms with Crippen LogP contribution in [0.2, 0.25) is 5.02 Å². The number of anilines is 1. The lowest BCUT2D eigenvalue weighted by molar-refractivity contribution is -0.136. The van der Waals surface area contributed by atoms with Crippen LogP contribution in [0.15, 0.2) is 85.5 Å². The van der Waals surface area contributed by atoms with Crippen LogP contribution >= 0.6 is 11.6 Å². The molecule has 202 valence electrons. The molecule has 0 aliphatic carbocycles. The van der Waals surface area contributed by atoms with Crippen LogP contribution in [0.4, 0.5) is 5.69 Å². The largest absolute Gasteiger partial charge is 0.496 e. The monoisotopic (exact) mass is 563 g/mol. The Labute approximate surface area is 239 Å². The number of carbonyl (C=O) groups excluding carboxylic acids is 1. The Balaban J connectivity index is 1.31. The van der Waals surface area contributed by atoms with Crippen LogP contribution < -0.4 is 10.1 Å². The first-order valence-electron chi connectivity index (χ1n) is 12.6. The third kappa shape index (κ3) is 5.18. The number of benzene rings is 3. The van der Waals surface area contributed by atoms with Crippen molar-refractivity contribution >= 4 is 40.8 Å². The maximum Gasteiger partial charge on any atom is 0.307 e. The third-order valence-electron chi connectivity index (χ3n) is 6.72. The van der Waals surface area contributed by atoms with Gasteiger partial charge in [-0.25, -0.2) is 14.6 Å². The van der Waals surface area contributed by atoms with Crippen LogP contribution in [0, 0.1) is 0 Å². The van der Waals surface area contributed by atoms with Crippen molar-refractivity contribution in [1.82, 2.24) is 19.7 Å². The highest BCUT2D eigenvalue weighted by atomic mass is 35.5. The van der Waals surface area contributed by atoms with Gasteiger partial charge in [-0.1, -0.05) is 54.1 Å². The Bertz CT molecular complexity index is 1820. The van der Waals surface area contributed by atoms with E-state index in [9.17, 15) is 14.7 Å². The highest BCUT2D eigenvalue weighted by molar-refractivity contribution is 6.37. The Hall–Kier alpha value is -5.28. The van der Waals surface area contributed by atoms with E-state index in [1.54, 1.807) is 41.4 Å². The summed E-state index contributed by atoms with van der Waals surface area (Å²) in [5, 5.41) is 16.6. The van der Waals surface area contributed by atoms with Gasteiger partial charge in [-0.05, 0) is 53.1 Å². The van der Waals surface area contributed by atoms with E-state index in [0.717, 1.165) is 22.4 Å². The molecule has 6 rings (SSSR count). The lowest BCUT2D eigenvalue weighted by Gasteiger charge is -2.10. The summed E-state index contributed by atoms with van der Waals surface area (Å²) in [6, 6.07) is 22.7. The van der Waals surface area contributed by atoms with E-state index in [-0.39, 0.29) is 12.3 Å². The number of carboxylic acids is 1. The number of carboxylic acid groups (broad SMARTS) is 1. The molecule has 3 aromatic carbocycles. The fourth-order valence-corrected chi connectivity index (χ4v) is 5.01. The van der Waals surface area contributed by atoms with Crippen LogP contribution in [-0.2, 0) is 16.0 Å². The van der Waals surface area contributed by atoms with Crippen molar-refractivity contribution in [2.45, 2.75) is 6.42 Å². The number of amides is 1. The third-order valence-corrected chi connectivity index (χ3v) is 7.01. The molecular weight excluding hydrogens is 542 g/mol. The number of methoxy groups -OCH3 is 1. The fraction of sp³-hybridized carbons (Fsp3) is 0.0645. The molecule has 10 heteroatoms. The predicted octanol–water partition coefficient (Wildman–Crippen LogP) is 5.78. The van der Waals surface area contributed by atoms with E-state index >= 15 is 0 Å². The highest BCUT2D eigenvalue weighted by Gasteiger charge is 2.28. The molecule has 0 atom stereocenters. The summed E-state index contributed by atoms with van der Waals surface area (Å²) >= 11 is 6.61. The Morgan fingerprint density at radius 1 is 1.00 bits per heavy atom. The van der Waals surface area contributed by atoms with E-state index < -0.39 is 5.97 Å². The van der Waals surface area contributed by atoms with Gasteiger partial charge in [0.15, 0.2) is 0 Å². The molecule has 0 fully saturated rings. The molecule has 3 heterocycles. The molecule has 0 spiro atoms. The zero-order valence-electron chi connectivity index (χ0n) is 21.7. The van der Waals surface area contributed by atoms with Crippen LogP contribution in [-0.4, -0.2) is 43.8 Å². The van der Waals surface area contributed by atoms with Gasteiger partial charge in [0.25, 0.3) is 5.91 Å². The van der Waals surface area contributed by atoms with Gasteiger partial charge in [-0.3, -0.25) is 9.59 Å². The van der Waals surface area contributed by atoms with Gasteiger partial charge in [0.1, 0.15) is 24.1 Å². The maximum absolute atomic E-state index is 12.9. The number of carbonyl (C=O) groups is 2. The van der Waals surface area contributed by atoms with Crippen LogP contribution in [0.25, 0.3) is 39.7 Å². The average Bonchev–Trinajstić information content (AvgIpc) is 3.61. The smallest absolute Gasteiger partial charge is 0.307 e. The molecule has 41 heavy (non-hydrogen) atoms. The number of aromatic nitrogens is 4. The predicted molar refractivity (Wildman–Crippen MR) is 156 cm³/mol. The molecule has 9 nitrogen and oxygen atoms in total. The number of ether oxygens (including phenoxy) is 1. The second-order valence-electron chi connectivity index (χ2n) is 9.33. The van der Waals surface area contributed by atoms with Crippen LogP contribution in [0.5, 0.6) is 5.75 Å². The number of rotatable bonds is 7. The first-order valence-corrected chi connectivity index (χ1v) is 13.0. The van der Waals surface area contributed by atoms with Crippen molar-refractivity contribution in [2.75, 3.05) is 12.4 Å². The van der Waals surface area contributed by atoms with E-state index in [1.165, 1.54) is 13.4 Å². The van der Waals surface area contributed by atoms with Gasteiger partial charge in [-0.15, -0.1) is 0 Å². The lowest BCUT2D eigenvalue weighted by atomic mass is 10.0. The van der Waals surface area contributed by atoms with Gasteiger partial charge in [0.05, 0.1) is 41.2 Å². The molecule has 0 saturated heterocycles. The summed E-state index contributed by atoms with van der Waals surface area (Å²) in [6.45, 7) is 0. The lowest BCUT2D eigenvalue weighted by Crippen LogP contribution is -2.04. The standard InChI is InChI=1S/C31H22ClN5O4/c1-41-27-11-2-18(12-22(27)14-28(38)39)13-24-30-26(35-31(24)40)15-25(32)29(36-30)21-5-3-19(4-6-21)20-7-9-23(10-8-20)37-17-33-16-34-37/h2-13,15-17H,14H2,1H3,(H,35,40)(H,38,39)/b24-13-. The Morgan fingerprint density at radius 2 is 1.71 bits per heavy atom. The summed E-state index contributed by atoms with van der Waals surface area (Å²) in [5.41, 5.74) is 6.81. The summed E-state index contributed by atoms with van der Waals surface area (Å²) in [4.78, 5) is 33.0. The number of aliphatic carboxylic acids is 1. The fourth-order valence-electron chi connectivity index (χ4n) is 4.75. The first-order chi connectivity index (χ1) is 19.9. The molecule has 0 bridgehead atoms. The Morgan fingerprint density at radius 3 is 2.37 bits per heavy atom. The number of pyridine rings is 1. The van der Waals surface area contributed by atoms with E-state index in [0.29, 0.717) is 44.5 Å². The number of halogens is 1. The van der Waals surface area contributed by atoms with Gasteiger partial charge in [0.2, 0.25) is 0 Å². The average molecular weight is 564 g/mol. The van der Waals surface area contributed by atoms with Crippen LogP contribution in [0.3, 0.4) is 0 Å². The zero-order chi connectivity index (χ0) is 28.5. The molecule has 1 aliphatic rings. The second-order valence-corrected chi connectivity index (χ2v) is 9.74. The number of fused-ring (bicyclic) bond motifs is 1.